The van der Waals surface area contributed by atoms with Crippen molar-refractivity contribution in [1.82, 2.24) is 9.97 Å². The fraction of sp³-hybridized carbons (Fsp3) is 0.0714. The molecular weight excluding hydrogens is 262 g/mol. The van der Waals surface area contributed by atoms with E-state index in [0.717, 1.165) is 22.6 Å². The highest BCUT2D eigenvalue weighted by Gasteiger charge is 2.04. The first-order valence-corrected chi connectivity index (χ1v) is 6.21. The topological polar surface area (TPSA) is 63.9 Å². The summed E-state index contributed by atoms with van der Waals surface area (Å²) in [6.45, 7) is 0.371. The second-order valence-electron chi connectivity index (χ2n) is 4.20. The number of hydrogen-bond acceptors (Lipinski definition) is 3. The highest BCUT2D eigenvalue weighted by atomic mass is 35.5. The van der Waals surface area contributed by atoms with Gasteiger partial charge in [0.25, 0.3) is 0 Å². The highest BCUT2D eigenvalue weighted by molar-refractivity contribution is 6.31. The van der Waals surface area contributed by atoms with E-state index >= 15 is 0 Å². The molecule has 0 saturated carbocycles. The number of halogens is 1. The molecule has 0 aliphatic carbocycles. The fourth-order valence-corrected chi connectivity index (χ4v) is 1.99. The van der Waals surface area contributed by atoms with E-state index in [1.54, 1.807) is 12.1 Å². The molecule has 0 aliphatic heterocycles. The van der Waals surface area contributed by atoms with Crippen LogP contribution in [0.2, 0.25) is 5.02 Å². The standard InChI is InChI=1S/C14H12ClN3O/c15-9-1-6-12-13(7-9)18-14(17-12)8-19-11-4-2-10(16)3-5-11/h1-7H,8,16H2,(H,17,18). The van der Waals surface area contributed by atoms with Crippen molar-refractivity contribution in [3.63, 3.8) is 0 Å². The third-order valence-electron chi connectivity index (χ3n) is 2.75. The Kier molecular flexibility index (Phi) is 3.01. The Bertz CT molecular complexity index is 706. The van der Waals surface area contributed by atoms with Crippen LogP contribution in [-0.4, -0.2) is 9.97 Å². The number of imidazole rings is 1. The zero-order valence-electron chi connectivity index (χ0n) is 10.1. The molecule has 3 rings (SSSR count). The molecule has 0 spiro atoms. The number of hydrogen-bond donors (Lipinski definition) is 2. The minimum Gasteiger partial charge on any atom is -0.486 e. The molecule has 0 unspecified atom stereocenters. The van der Waals surface area contributed by atoms with Crippen LogP contribution in [-0.2, 0) is 6.61 Å². The van der Waals surface area contributed by atoms with Crippen molar-refractivity contribution in [2.45, 2.75) is 6.61 Å². The number of aromatic nitrogens is 2. The van der Waals surface area contributed by atoms with Gasteiger partial charge in [0.05, 0.1) is 11.0 Å². The average Bonchev–Trinajstić information content (AvgIpc) is 2.80. The van der Waals surface area contributed by atoms with Gasteiger partial charge in [-0.3, -0.25) is 0 Å². The molecular formula is C14H12ClN3O. The lowest BCUT2D eigenvalue weighted by molar-refractivity contribution is 0.297. The van der Waals surface area contributed by atoms with Crippen molar-refractivity contribution in [3.8, 4) is 5.75 Å². The normalized spacial score (nSPS) is 10.8. The maximum absolute atomic E-state index is 5.92. The van der Waals surface area contributed by atoms with Gasteiger partial charge in [-0.15, -0.1) is 0 Å². The monoisotopic (exact) mass is 273 g/mol. The summed E-state index contributed by atoms with van der Waals surface area (Å²) < 4.78 is 5.62. The molecule has 2 aromatic carbocycles. The molecule has 0 aliphatic rings. The Balaban J connectivity index is 1.76. The van der Waals surface area contributed by atoms with Crippen LogP contribution >= 0.6 is 11.6 Å². The quantitative estimate of drug-likeness (QED) is 0.719. The second kappa shape index (κ2) is 4.82. The summed E-state index contributed by atoms with van der Waals surface area (Å²) in [5.74, 6) is 1.52. The van der Waals surface area contributed by atoms with Crippen LogP contribution in [0.3, 0.4) is 0 Å². The van der Waals surface area contributed by atoms with Crippen molar-refractivity contribution in [2.24, 2.45) is 0 Å². The first-order valence-electron chi connectivity index (χ1n) is 5.83. The molecule has 1 heterocycles. The van der Waals surface area contributed by atoms with Crippen molar-refractivity contribution < 1.29 is 4.74 Å². The van der Waals surface area contributed by atoms with Crippen molar-refractivity contribution in [2.75, 3.05) is 5.73 Å². The molecule has 4 nitrogen and oxygen atoms in total. The Morgan fingerprint density at radius 1 is 1.16 bits per heavy atom. The van der Waals surface area contributed by atoms with E-state index in [2.05, 4.69) is 9.97 Å². The molecule has 1 aromatic heterocycles. The number of aromatic amines is 1. The zero-order chi connectivity index (χ0) is 13.2. The van der Waals surface area contributed by atoms with Crippen LogP contribution in [0.1, 0.15) is 5.82 Å². The minimum absolute atomic E-state index is 0.371. The Morgan fingerprint density at radius 2 is 1.95 bits per heavy atom. The number of rotatable bonds is 3. The van der Waals surface area contributed by atoms with E-state index in [4.69, 9.17) is 22.1 Å². The molecule has 0 fully saturated rings. The number of nitrogens with two attached hydrogens (primary N) is 1. The summed E-state index contributed by atoms with van der Waals surface area (Å²) >= 11 is 5.92. The average molecular weight is 274 g/mol. The molecule has 5 heteroatoms. The van der Waals surface area contributed by atoms with E-state index in [1.165, 1.54) is 0 Å². The number of nitrogen functional groups attached to an aromatic ring is 1. The van der Waals surface area contributed by atoms with Gasteiger partial charge in [-0.2, -0.15) is 0 Å². The predicted octanol–water partition coefficient (Wildman–Crippen LogP) is 3.38. The zero-order valence-corrected chi connectivity index (χ0v) is 10.8. The SMILES string of the molecule is Nc1ccc(OCc2nc3ccc(Cl)cc3[nH]2)cc1. The van der Waals surface area contributed by atoms with E-state index < -0.39 is 0 Å². The summed E-state index contributed by atoms with van der Waals surface area (Å²) in [5.41, 5.74) is 8.11. The smallest absolute Gasteiger partial charge is 0.146 e. The van der Waals surface area contributed by atoms with Gasteiger partial charge in [-0.1, -0.05) is 11.6 Å². The largest absolute Gasteiger partial charge is 0.486 e. The van der Waals surface area contributed by atoms with Crippen molar-refractivity contribution in [1.29, 1.82) is 0 Å². The summed E-state index contributed by atoms with van der Waals surface area (Å²) in [6.07, 6.45) is 0. The maximum Gasteiger partial charge on any atom is 0.146 e. The van der Waals surface area contributed by atoms with Crippen LogP contribution in [0, 0.1) is 0 Å². The predicted molar refractivity (Wildman–Crippen MR) is 76.3 cm³/mol. The molecule has 3 aromatic rings. The summed E-state index contributed by atoms with van der Waals surface area (Å²) in [6, 6.07) is 12.8. The highest BCUT2D eigenvalue weighted by Crippen LogP contribution is 2.18. The lowest BCUT2D eigenvalue weighted by atomic mass is 10.3. The molecule has 0 saturated heterocycles. The van der Waals surface area contributed by atoms with Crippen LogP contribution in [0.5, 0.6) is 5.75 Å². The maximum atomic E-state index is 5.92. The van der Waals surface area contributed by atoms with Crippen LogP contribution < -0.4 is 10.5 Å². The lowest BCUT2D eigenvalue weighted by Crippen LogP contribution is -1.97. The van der Waals surface area contributed by atoms with Crippen LogP contribution in [0.4, 0.5) is 5.69 Å². The van der Waals surface area contributed by atoms with E-state index in [0.29, 0.717) is 17.3 Å². The van der Waals surface area contributed by atoms with E-state index in [-0.39, 0.29) is 0 Å². The van der Waals surface area contributed by atoms with Gasteiger partial charge in [0.2, 0.25) is 0 Å². The van der Waals surface area contributed by atoms with Gasteiger partial charge in [0, 0.05) is 10.7 Å². The van der Waals surface area contributed by atoms with Crippen molar-refractivity contribution in [3.05, 3.63) is 53.3 Å². The summed E-state index contributed by atoms with van der Waals surface area (Å²) in [4.78, 5) is 7.60. The summed E-state index contributed by atoms with van der Waals surface area (Å²) in [7, 11) is 0. The second-order valence-corrected chi connectivity index (χ2v) is 4.64. The molecule has 96 valence electrons. The van der Waals surface area contributed by atoms with Crippen molar-refractivity contribution >= 4 is 28.3 Å². The molecule has 0 radical (unpaired) electrons. The Morgan fingerprint density at radius 3 is 2.74 bits per heavy atom. The van der Waals surface area contributed by atoms with Gasteiger partial charge >= 0.3 is 0 Å². The number of nitrogens with one attached hydrogen (secondary N) is 1. The number of nitrogens with zero attached hydrogens (tertiary/aromatic N) is 1. The Hall–Kier alpha value is -2.20. The molecule has 0 atom stereocenters. The molecule has 0 bridgehead atoms. The lowest BCUT2D eigenvalue weighted by Gasteiger charge is -2.03. The van der Waals surface area contributed by atoms with Crippen LogP contribution in [0.25, 0.3) is 11.0 Å². The first-order chi connectivity index (χ1) is 9.20. The van der Waals surface area contributed by atoms with Gasteiger partial charge in [-0.05, 0) is 42.5 Å². The van der Waals surface area contributed by atoms with Gasteiger partial charge in [-0.25, -0.2) is 4.98 Å². The number of anilines is 1. The van der Waals surface area contributed by atoms with E-state index in [9.17, 15) is 0 Å². The fourth-order valence-electron chi connectivity index (χ4n) is 1.82. The molecule has 19 heavy (non-hydrogen) atoms. The number of H-pyrrole nitrogens is 1. The summed E-state index contributed by atoms with van der Waals surface area (Å²) in [5, 5.41) is 0.683. The van der Waals surface area contributed by atoms with Gasteiger partial charge in [0.15, 0.2) is 0 Å². The Labute approximate surface area is 115 Å². The molecule has 0 amide bonds. The number of ether oxygens (including phenoxy) is 1. The minimum atomic E-state index is 0.371. The third kappa shape index (κ3) is 2.63. The molecule has 3 N–H and O–H groups in total. The van der Waals surface area contributed by atoms with Crippen LogP contribution in [0.15, 0.2) is 42.5 Å². The first kappa shape index (κ1) is 11.9. The number of benzene rings is 2. The number of fused-ring (bicyclic) bond motifs is 1. The van der Waals surface area contributed by atoms with E-state index in [1.807, 2.05) is 30.3 Å². The van der Waals surface area contributed by atoms with Gasteiger partial charge < -0.3 is 15.5 Å². The van der Waals surface area contributed by atoms with Gasteiger partial charge in [0.1, 0.15) is 18.2 Å². The third-order valence-corrected chi connectivity index (χ3v) is 2.98.